The molecule has 3 rings (SSSR count). The molecule has 1 N–H and O–H groups in total. The third kappa shape index (κ3) is 3.01. The Morgan fingerprint density at radius 3 is 2.86 bits per heavy atom. The van der Waals surface area contributed by atoms with Crippen LogP contribution in [0.1, 0.15) is 18.9 Å². The number of anilines is 1. The number of ether oxygens (including phenoxy) is 1. The minimum atomic E-state index is -0.190. The third-order valence-electron chi connectivity index (χ3n) is 3.90. The van der Waals surface area contributed by atoms with E-state index in [1.54, 1.807) is 30.3 Å². The zero-order chi connectivity index (χ0) is 15.5. The first kappa shape index (κ1) is 14.7. The van der Waals surface area contributed by atoms with Gasteiger partial charge in [0.05, 0.1) is 12.2 Å². The number of halogens is 1. The maximum absolute atomic E-state index is 13.8. The summed E-state index contributed by atoms with van der Waals surface area (Å²) in [6.07, 6.45) is 1.44. The van der Waals surface area contributed by atoms with Crippen LogP contribution in [0.25, 0.3) is 0 Å². The summed E-state index contributed by atoms with van der Waals surface area (Å²) in [5.41, 5.74) is 1.58. The lowest BCUT2D eigenvalue weighted by atomic mass is 10.0. The molecular formula is C18H20FNO2. The van der Waals surface area contributed by atoms with Gasteiger partial charge in [0.25, 0.3) is 0 Å². The van der Waals surface area contributed by atoms with Gasteiger partial charge in [-0.15, -0.1) is 0 Å². The molecule has 0 aromatic heterocycles. The number of benzene rings is 2. The van der Waals surface area contributed by atoms with Crippen LogP contribution < -0.4 is 9.64 Å². The molecule has 4 heteroatoms. The Hall–Kier alpha value is -2.23. The summed E-state index contributed by atoms with van der Waals surface area (Å²) in [6, 6.07) is 11.9. The first-order valence-corrected chi connectivity index (χ1v) is 7.65. The van der Waals surface area contributed by atoms with Crippen molar-refractivity contribution in [3.63, 3.8) is 0 Å². The fraction of sp³-hybridized carbons (Fsp3) is 0.333. The van der Waals surface area contributed by atoms with E-state index in [0.29, 0.717) is 18.5 Å². The first-order chi connectivity index (χ1) is 10.7. The van der Waals surface area contributed by atoms with Crippen LogP contribution in [-0.4, -0.2) is 24.3 Å². The van der Waals surface area contributed by atoms with Crippen molar-refractivity contribution >= 4 is 5.69 Å². The minimum absolute atomic E-state index is 0.0968. The lowest BCUT2D eigenvalue weighted by Gasteiger charge is -2.36. The van der Waals surface area contributed by atoms with Gasteiger partial charge in [0.2, 0.25) is 0 Å². The van der Waals surface area contributed by atoms with E-state index < -0.39 is 0 Å². The predicted molar refractivity (Wildman–Crippen MR) is 85.1 cm³/mol. The zero-order valence-corrected chi connectivity index (χ0v) is 12.6. The summed E-state index contributed by atoms with van der Waals surface area (Å²) < 4.78 is 19.8. The topological polar surface area (TPSA) is 32.7 Å². The van der Waals surface area contributed by atoms with Crippen molar-refractivity contribution in [2.75, 3.05) is 18.0 Å². The van der Waals surface area contributed by atoms with Gasteiger partial charge in [-0.3, -0.25) is 0 Å². The van der Waals surface area contributed by atoms with Crippen LogP contribution in [0.2, 0.25) is 0 Å². The average Bonchev–Trinajstić information content (AvgIpc) is 2.51. The van der Waals surface area contributed by atoms with Gasteiger partial charge in [-0.1, -0.05) is 25.1 Å². The zero-order valence-electron chi connectivity index (χ0n) is 12.6. The number of fused-ring (bicyclic) bond motifs is 1. The van der Waals surface area contributed by atoms with Gasteiger partial charge < -0.3 is 14.7 Å². The lowest BCUT2D eigenvalue weighted by Crippen LogP contribution is -2.41. The van der Waals surface area contributed by atoms with Crippen LogP contribution in [0.5, 0.6) is 11.5 Å². The van der Waals surface area contributed by atoms with E-state index in [4.69, 9.17) is 4.74 Å². The summed E-state index contributed by atoms with van der Waals surface area (Å²) in [7, 11) is 0. The molecule has 1 aliphatic heterocycles. The van der Waals surface area contributed by atoms with Crippen LogP contribution in [0.15, 0.2) is 42.5 Å². The van der Waals surface area contributed by atoms with Gasteiger partial charge in [-0.2, -0.15) is 0 Å². The molecular weight excluding hydrogens is 281 g/mol. The van der Waals surface area contributed by atoms with E-state index >= 15 is 0 Å². The van der Waals surface area contributed by atoms with E-state index in [9.17, 15) is 9.50 Å². The number of phenols is 1. The summed E-state index contributed by atoms with van der Waals surface area (Å²) in [4.78, 5) is 2.20. The molecule has 0 fully saturated rings. The van der Waals surface area contributed by atoms with Gasteiger partial charge in [0, 0.05) is 19.0 Å². The predicted octanol–water partition coefficient (Wildman–Crippen LogP) is 3.75. The van der Waals surface area contributed by atoms with Crippen LogP contribution in [0.4, 0.5) is 10.1 Å². The van der Waals surface area contributed by atoms with E-state index in [1.165, 1.54) is 6.07 Å². The molecule has 0 amide bonds. The summed E-state index contributed by atoms with van der Waals surface area (Å²) in [5.74, 6) is 0.791. The molecule has 0 saturated heterocycles. The molecule has 0 saturated carbocycles. The van der Waals surface area contributed by atoms with Gasteiger partial charge in [0.15, 0.2) is 0 Å². The average molecular weight is 301 g/mol. The van der Waals surface area contributed by atoms with Gasteiger partial charge in [-0.25, -0.2) is 4.39 Å². The van der Waals surface area contributed by atoms with Crippen molar-refractivity contribution in [2.24, 2.45) is 0 Å². The molecule has 22 heavy (non-hydrogen) atoms. The smallest absolute Gasteiger partial charge is 0.143 e. The monoisotopic (exact) mass is 301 g/mol. The Morgan fingerprint density at radius 1 is 1.27 bits per heavy atom. The number of hydrogen-bond acceptors (Lipinski definition) is 3. The molecule has 1 heterocycles. The second-order valence-corrected chi connectivity index (χ2v) is 5.63. The highest BCUT2D eigenvalue weighted by atomic mass is 19.1. The minimum Gasteiger partial charge on any atom is -0.508 e. The van der Waals surface area contributed by atoms with E-state index in [0.717, 1.165) is 24.4 Å². The van der Waals surface area contributed by atoms with E-state index in [-0.39, 0.29) is 17.7 Å². The highest BCUT2D eigenvalue weighted by Crippen LogP contribution is 2.36. The van der Waals surface area contributed by atoms with Gasteiger partial charge in [-0.05, 0) is 30.2 Å². The second-order valence-electron chi connectivity index (χ2n) is 5.63. The fourth-order valence-electron chi connectivity index (χ4n) is 2.91. The summed E-state index contributed by atoms with van der Waals surface area (Å²) in [6.45, 7) is 3.69. The third-order valence-corrected chi connectivity index (χ3v) is 3.90. The molecule has 1 aliphatic rings. The molecule has 116 valence electrons. The molecule has 0 bridgehead atoms. The van der Waals surface area contributed by atoms with Gasteiger partial charge >= 0.3 is 0 Å². The second kappa shape index (κ2) is 6.26. The van der Waals surface area contributed by atoms with Crippen molar-refractivity contribution in [1.82, 2.24) is 0 Å². The molecule has 1 atom stereocenters. The maximum atomic E-state index is 13.8. The van der Waals surface area contributed by atoms with Crippen LogP contribution >= 0.6 is 0 Å². The number of hydrogen-bond donors (Lipinski definition) is 1. The number of nitrogens with zero attached hydrogens (tertiary/aromatic N) is 1. The molecule has 1 unspecified atom stereocenters. The van der Waals surface area contributed by atoms with Crippen molar-refractivity contribution in [1.29, 1.82) is 0 Å². The van der Waals surface area contributed by atoms with E-state index in [1.807, 2.05) is 6.07 Å². The number of aromatic hydroxyl groups is 1. The highest BCUT2D eigenvalue weighted by molar-refractivity contribution is 5.63. The Morgan fingerprint density at radius 2 is 2.09 bits per heavy atom. The Balaban J connectivity index is 1.84. The van der Waals surface area contributed by atoms with Crippen molar-refractivity contribution in [3.05, 3.63) is 53.8 Å². The summed E-state index contributed by atoms with van der Waals surface area (Å²) in [5, 5.41) is 9.68. The largest absolute Gasteiger partial charge is 0.508 e. The standard InChI is InChI=1S/C18H20FNO2/c1-2-9-20-12-15(10-13-5-3-4-6-16(13)19)22-18-8-7-14(21)11-17(18)20/h3-8,11,15,21H,2,9-10,12H2,1H3. The summed E-state index contributed by atoms with van der Waals surface area (Å²) >= 11 is 0. The van der Waals surface area contributed by atoms with Gasteiger partial charge in [0.1, 0.15) is 23.4 Å². The molecule has 2 aromatic carbocycles. The van der Waals surface area contributed by atoms with Crippen molar-refractivity contribution in [2.45, 2.75) is 25.9 Å². The van der Waals surface area contributed by atoms with E-state index in [2.05, 4.69) is 11.8 Å². The quantitative estimate of drug-likeness (QED) is 0.933. The first-order valence-electron chi connectivity index (χ1n) is 7.65. The molecule has 0 spiro atoms. The maximum Gasteiger partial charge on any atom is 0.143 e. The Bertz CT molecular complexity index is 659. The van der Waals surface area contributed by atoms with Crippen molar-refractivity contribution < 1.29 is 14.2 Å². The lowest BCUT2D eigenvalue weighted by molar-refractivity contribution is 0.192. The Labute approximate surface area is 130 Å². The van der Waals surface area contributed by atoms with Crippen LogP contribution in [-0.2, 0) is 6.42 Å². The van der Waals surface area contributed by atoms with Crippen LogP contribution in [0, 0.1) is 5.82 Å². The normalized spacial score (nSPS) is 17.0. The molecule has 0 aliphatic carbocycles. The fourth-order valence-corrected chi connectivity index (χ4v) is 2.91. The highest BCUT2D eigenvalue weighted by Gasteiger charge is 2.26. The van der Waals surface area contributed by atoms with Crippen molar-refractivity contribution in [3.8, 4) is 11.5 Å². The molecule has 2 aromatic rings. The number of rotatable bonds is 4. The Kier molecular flexibility index (Phi) is 4.18. The molecule has 0 radical (unpaired) electrons. The van der Waals surface area contributed by atoms with Crippen LogP contribution in [0.3, 0.4) is 0 Å². The SMILES string of the molecule is CCCN1CC(Cc2ccccc2F)Oc2ccc(O)cc21. The number of phenolic OH excluding ortho intramolecular Hbond substituents is 1. The molecule has 3 nitrogen and oxygen atoms in total.